The molecule has 0 radical (unpaired) electrons. The summed E-state index contributed by atoms with van der Waals surface area (Å²) in [6.07, 6.45) is -0.0440. The van der Waals surface area contributed by atoms with Crippen molar-refractivity contribution in [1.82, 2.24) is 4.90 Å². The Kier molecular flexibility index (Phi) is 9.09. The lowest BCUT2D eigenvalue weighted by Gasteiger charge is -2.26. The van der Waals surface area contributed by atoms with Gasteiger partial charge >= 0.3 is 0 Å². The number of carbonyl (C=O) groups excluding carboxylic acids is 1. The molecule has 2 aromatic rings. The van der Waals surface area contributed by atoms with Crippen LogP contribution in [0.2, 0.25) is 0 Å². The zero-order valence-corrected chi connectivity index (χ0v) is 20.2. The minimum absolute atomic E-state index is 0.0265. The molecule has 2 rings (SSSR count). The SMILES string of the molecule is CCOc1ccc(S(=O)(=O)C(C)(Cc2ccc(OCCN(CC)CC)cc2)C(N)=O)cc1. The molecule has 0 spiro atoms. The van der Waals surface area contributed by atoms with E-state index in [1.54, 1.807) is 36.4 Å². The quantitative estimate of drug-likeness (QED) is 0.491. The molecule has 8 heteroatoms. The van der Waals surface area contributed by atoms with Crippen LogP contribution in [0.5, 0.6) is 11.5 Å². The van der Waals surface area contributed by atoms with E-state index in [2.05, 4.69) is 18.7 Å². The number of primary amides is 1. The number of benzene rings is 2. The largest absolute Gasteiger partial charge is 0.494 e. The number of nitrogens with zero attached hydrogens (tertiary/aromatic N) is 1. The topological polar surface area (TPSA) is 98.9 Å². The zero-order chi connectivity index (χ0) is 23.8. The van der Waals surface area contributed by atoms with Crippen molar-refractivity contribution in [2.75, 3.05) is 32.8 Å². The first-order valence-corrected chi connectivity index (χ1v) is 12.4. The first kappa shape index (κ1) is 25.7. The van der Waals surface area contributed by atoms with Gasteiger partial charge < -0.3 is 20.1 Å². The molecule has 2 N–H and O–H groups in total. The highest BCUT2D eigenvalue weighted by Crippen LogP contribution is 2.31. The maximum absolute atomic E-state index is 13.3. The van der Waals surface area contributed by atoms with Gasteiger partial charge in [-0.05, 0) is 68.9 Å². The number of nitrogens with two attached hydrogens (primary N) is 1. The second kappa shape index (κ2) is 11.3. The maximum Gasteiger partial charge on any atom is 0.239 e. The Morgan fingerprint density at radius 1 is 0.938 bits per heavy atom. The Bertz CT molecular complexity index is 970. The molecule has 176 valence electrons. The van der Waals surface area contributed by atoms with Crippen LogP contribution in [0.1, 0.15) is 33.3 Å². The molecule has 7 nitrogen and oxygen atoms in total. The molecule has 1 unspecified atom stereocenters. The van der Waals surface area contributed by atoms with Crippen molar-refractivity contribution in [3.63, 3.8) is 0 Å². The molecule has 2 aromatic carbocycles. The molecular formula is C24H34N2O5S. The molecule has 0 aromatic heterocycles. The summed E-state index contributed by atoms with van der Waals surface area (Å²) in [6.45, 7) is 11.2. The van der Waals surface area contributed by atoms with Crippen LogP contribution in [0.3, 0.4) is 0 Å². The van der Waals surface area contributed by atoms with Crippen molar-refractivity contribution in [3.05, 3.63) is 54.1 Å². The number of sulfone groups is 1. The van der Waals surface area contributed by atoms with Crippen molar-refractivity contribution < 1.29 is 22.7 Å². The van der Waals surface area contributed by atoms with Crippen molar-refractivity contribution in [3.8, 4) is 11.5 Å². The third-order valence-electron chi connectivity index (χ3n) is 5.59. The molecule has 0 heterocycles. The van der Waals surface area contributed by atoms with Gasteiger partial charge in [-0.3, -0.25) is 4.79 Å². The maximum atomic E-state index is 13.3. The molecule has 0 saturated heterocycles. The number of hydrogen-bond donors (Lipinski definition) is 1. The van der Waals surface area contributed by atoms with Gasteiger partial charge in [0.25, 0.3) is 0 Å². The van der Waals surface area contributed by atoms with Gasteiger partial charge in [-0.1, -0.05) is 26.0 Å². The predicted molar refractivity (Wildman–Crippen MR) is 126 cm³/mol. The van der Waals surface area contributed by atoms with Crippen LogP contribution in [-0.2, 0) is 21.1 Å². The van der Waals surface area contributed by atoms with Crippen LogP contribution >= 0.6 is 0 Å². The van der Waals surface area contributed by atoms with Crippen molar-refractivity contribution in [2.24, 2.45) is 5.73 Å². The molecular weight excluding hydrogens is 428 g/mol. The number of rotatable bonds is 13. The number of carbonyl (C=O) groups is 1. The lowest BCUT2D eigenvalue weighted by Crippen LogP contribution is -2.49. The van der Waals surface area contributed by atoms with E-state index < -0.39 is 20.5 Å². The van der Waals surface area contributed by atoms with Crippen LogP contribution in [0.4, 0.5) is 0 Å². The first-order valence-electron chi connectivity index (χ1n) is 10.9. The molecule has 0 bridgehead atoms. The fourth-order valence-corrected chi connectivity index (χ4v) is 5.02. The average Bonchev–Trinajstić information content (AvgIpc) is 2.78. The van der Waals surface area contributed by atoms with E-state index >= 15 is 0 Å². The lowest BCUT2D eigenvalue weighted by molar-refractivity contribution is -0.120. The summed E-state index contributed by atoms with van der Waals surface area (Å²) in [6, 6.07) is 13.1. The van der Waals surface area contributed by atoms with E-state index in [9.17, 15) is 13.2 Å². The number of ether oxygens (including phenoxy) is 2. The van der Waals surface area contributed by atoms with E-state index in [0.29, 0.717) is 30.3 Å². The molecule has 0 aliphatic rings. The Labute approximate surface area is 191 Å². The molecule has 1 amide bonds. The highest BCUT2D eigenvalue weighted by Gasteiger charge is 2.46. The normalized spacial score (nSPS) is 13.5. The highest BCUT2D eigenvalue weighted by molar-refractivity contribution is 7.93. The summed E-state index contributed by atoms with van der Waals surface area (Å²) >= 11 is 0. The Morgan fingerprint density at radius 3 is 1.97 bits per heavy atom. The van der Waals surface area contributed by atoms with Gasteiger partial charge in [-0.2, -0.15) is 0 Å². The van der Waals surface area contributed by atoms with E-state index in [-0.39, 0.29) is 11.3 Å². The zero-order valence-electron chi connectivity index (χ0n) is 19.3. The van der Waals surface area contributed by atoms with Crippen molar-refractivity contribution >= 4 is 15.7 Å². The van der Waals surface area contributed by atoms with Crippen molar-refractivity contribution in [1.29, 1.82) is 0 Å². The summed E-state index contributed by atoms with van der Waals surface area (Å²) in [5.41, 5.74) is 6.28. The highest BCUT2D eigenvalue weighted by atomic mass is 32.2. The summed E-state index contributed by atoms with van der Waals surface area (Å²) in [7, 11) is -4.04. The lowest BCUT2D eigenvalue weighted by atomic mass is 9.99. The Hall–Kier alpha value is -2.58. The van der Waals surface area contributed by atoms with Crippen LogP contribution in [0.15, 0.2) is 53.4 Å². The number of amides is 1. The molecule has 0 aliphatic heterocycles. The number of hydrogen-bond acceptors (Lipinski definition) is 6. The van der Waals surface area contributed by atoms with Crippen LogP contribution in [-0.4, -0.2) is 56.8 Å². The molecule has 0 saturated carbocycles. The third kappa shape index (κ3) is 6.01. The van der Waals surface area contributed by atoms with Gasteiger partial charge in [0.2, 0.25) is 5.91 Å². The summed E-state index contributed by atoms with van der Waals surface area (Å²) < 4.78 is 36.0. The van der Waals surface area contributed by atoms with Gasteiger partial charge in [0, 0.05) is 13.0 Å². The Morgan fingerprint density at radius 2 is 1.47 bits per heavy atom. The predicted octanol–water partition coefficient (Wildman–Crippen LogP) is 3.07. The fraction of sp³-hybridized carbons (Fsp3) is 0.458. The van der Waals surface area contributed by atoms with E-state index in [0.717, 1.165) is 19.6 Å². The number of likely N-dealkylation sites (N-methyl/N-ethyl adjacent to an activating group) is 1. The minimum Gasteiger partial charge on any atom is -0.494 e. The van der Waals surface area contributed by atoms with E-state index in [4.69, 9.17) is 15.2 Å². The third-order valence-corrected chi connectivity index (χ3v) is 8.02. The van der Waals surface area contributed by atoms with Gasteiger partial charge in [-0.25, -0.2) is 8.42 Å². The van der Waals surface area contributed by atoms with Gasteiger partial charge in [0.15, 0.2) is 14.6 Å². The van der Waals surface area contributed by atoms with Gasteiger partial charge in [0.05, 0.1) is 11.5 Å². The van der Waals surface area contributed by atoms with Gasteiger partial charge in [0.1, 0.15) is 18.1 Å². The Balaban J connectivity index is 2.17. The van der Waals surface area contributed by atoms with Crippen LogP contribution in [0, 0.1) is 0 Å². The van der Waals surface area contributed by atoms with E-state index in [1.807, 2.05) is 6.92 Å². The summed E-state index contributed by atoms with van der Waals surface area (Å²) in [5, 5.41) is 0. The summed E-state index contributed by atoms with van der Waals surface area (Å²) in [4.78, 5) is 14.6. The first-order chi connectivity index (χ1) is 15.2. The standard InChI is InChI=1S/C24H34N2O5S/c1-5-26(6-2)16-17-31-21-10-8-19(9-11-21)18-24(4,23(25)27)32(28,29)22-14-12-20(13-15-22)30-7-3/h8-15H,5-7,16-18H2,1-4H3,(H2,25,27). The van der Waals surface area contributed by atoms with Crippen molar-refractivity contribution in [2.45, 2.75) is 43.8 Å². The summed E-state index contributed by atoms with van der Waals surface area (Å²) in [5.74, 6) is 0.353. The fourth-order valence-electron chi connectivity index (χ4n) is 3.38. The van der Waals surface area contributed by atoms with Gasteiger partial charge in [-0.15, -0.1) is 0 Å². The van der Waals surface area contributed by atoms with Crippen LogP contribution in [0.25, 0.3) is 0 Å². The molecule has 0 aliphatic carbocycles. The average molecular weight is 463 g/mol. The monoisotopic (exact) mass is 462 g/mol. The molecule has 1 atom stereocenters. The van der Waals surface area contributed by atoms with Crippen LogP contribution < -0.4 is 15.2 Å². The molecule has 0 fully saturated rings. The smallest absolute Gasteiger partial charge is 0.239 e. The second-order valence-corrected chi connectivity index (χ2v) is 10.1. The minimum atomic E-state index is -4.04. The van der Waals surface area contributed by atoms with E-state index in [1.165, 1.54) is 19.1 Å². The second-order valence-electron chi connectivity index (χ2n) is 7.70. The molecule has 32 heavy (non-hydrogen) atoms.